The number of rotatable bonds is 9. The summed E-state index contributed by atoms with van der Waals surface area (Å²) < 4.78 is 0. The second-order valence-electron chi connectivity index (χ2n) is 9.56. The zero-order valence-corrected chi connectivity index (χ0v) is 18.2. The van der Waals surface area contributed by atoms with Gasteiger partial charge in [-0.1, -0.05) is 58.6 Å². The third-order valence-electron chi connectivity index (χ3n) is 6.43. The first-order chi connectivity index (χ1) is 12.7. The van der Waals surface area contributed by atoms with Gasteiger partial charge < -0.3 is 15.1 Å². The SMILES string of the molecule is CCCCCCC(C)(C)c1ccc([C@@H]2C[C@H](O)CC[C@H]2CN(C)C)c(O)c1. The van der Waals surface area contributed by atoms with Gasteiger partial charge in [0.1, 0.15) is 5.75 Å². The van der Waals surface area contributed by atoms with Crippen molar-refractivity contribution < 1.29 is 10.2 Å². The molecular formula is C24H41NO2. The van der Waals surface area contributed by atoms with E-state index in [0.717, 1.165) is 37.8 Å². The van der Waals surface area contributed by atoms with E-state index in [1.165, 1.54) is 31.2 Å². The fourth-order valence-corrected chi connectivity index (χ4v) is 4.70. The molecule has 3 atom stereocenters. The van der Waals surface area contributed by atoms with E-state index in [9.17, 15) is 10.2 Å². The highest BCUT2D eigenvalue weighted by atomic mass is 16.3. The summed E-state index contributed by atoms with van der Waals surface area (Å²) in [5, 5.41) is 21.1. The molecule has 0 heterocycles. The average Bonchev–Trinajstić information content (AvgIpc) is 2.60. The molecule has 3 nitrogen and oxygen atoms in total. The molecule has 0 aliphatic heterocycles. The van der Waals surface area contributed by atoms with Crippen LogP contribution >= 0.6 is 0 Å². The predicted octanol–water partition coefficient (Wildman–Crippen LogP) is 5.45. The number of phenols is 1. The highest BCUT2D eigenvalue weighted by Crippen LogP contribution is 2.43. The molecule has 1 aliphatic carbocycles. The maximum Gasteiger partial charge on any atom is 0.119 e. The molecule has 0 amide bonds. The van der Waals surface area contributed by atoms with Crippen molar-refractivity contribution in [2.45, 2.75) is 89.6 Å². The molecule has 154 valence electrons. The zero-order valence-electron chi connectivity index (χ0n) is 18.2. The average molecular weight is 376 g/mol. The lowest BCUT2D eigenvalue weighted by atomic mass is 9.72. The standard InChI is InChI=1S/C24H41NO2/c1-6-7-8-9-14-24(2,3)19-11-13-21(23(27)15-19)22-16-20(26)12-10-18(22)17-25(4)5/h11,13,15,18,20,22,26-27H,6-10,12,14,16-17H2,1-5H3/t18-,20+,22+/m0/s1. The van der Waals surface area contributed by atoms with Crippen molar-refractivity contribution >= 4 is 0 Å². The molecule has 0 spiro atoms. The molecule has 1 aromatic rings. The van der Waals surface area contributed by atoms with Gasteiger partial charge in [-0.05, 0) is 74.2 Å². The molecule has 0 unspecified atom stereocenters. The summed E-state index contributed by atoms with van der Waals surface area (Å²) in [6.07, 6.45) is 8.65. The van der Waals surface area contributed by atoms with E-state index in [-0.39, 0.29) is 17.4 Å². The quantitative estimate of drug-likeness (QED) is 0.564. The zero-order chi connectivity index (χ0) is 20.0. The highest BCUT2D eigenvalue weighted by Gasteiger charge is 2.33. The Morgan fingerprint density at radius 2 is 1.85 bits per heavy atom. The summed E-state index contributed by atoms with van der Waals surface area (Å²) in [6.45, 7) is 7.81. The van der Waals surface area contributed by atoms with Gasteiger partial charge in [-0.25, -0.2) is 0 Å². The Kier molecular flexibility index (Phi) is 8.18. The number of aliphatic hydroxyl groups is 1. The highest BCUT2D eigenvalue weighted by molar-refractivity contribution is 5.42. The fraction of sp³-hybridized carbons (Fsp3) is 0.750. The topological polar surface area (TPSA) is 43.7 Å². The van der Waals surface area contributed by atoms with E-state index in [1.807, 2.05) is 6.07 Å². The van der Waals surface area contributed by atoms with Crippen LogP contribution in [0.15, 0.2) is 18.2 Å². The van der Waals surface area contributed by atoms with Crippen molar-refractivity contribution in [3.8, 4) is 5.75 Å². The number of hydrogen-bond donors (Lipinski definition) is 2. The van der Waals surface area contributed by atoms with Gasteiger partial charge >= 0.3 is 0 Å². The summed E-state index contributed by atoms with van der Waals surface area (Å²) in [6, 6.07) is 6.33. The van der Waals surface area contributed by atoms with Gasteiger partial charge in [0.05, 0.1) is 6.10 Å². The Morgan fingerprint density at radius 1 is 1.11 bits per heavy atom. The summed E-state index contributed by atoms with van der Waals surface area (Å²) in [5.41, 5.74) is 2.32. The molecule has 3 heteroatoms. The summed E-state index contributed by atoms with van der Waals surface area (Å²) in [5.74, 6) is 1.14. The van der Waals surface area contributed by atoms with Crippen LogP contribution in [0.2, 0.25) is 0 Å². The number of unbranched alkanes of at least 4 members (excludes halogenated alkanes) is 3. The minimum Gasteiger partial charge on any atom is -0.508 e. The van der Waals surface area contributed by atoms with Gasteiger partial charge in [-0.3, -0.25) is 0 Å². The van der Waals surface area contributed by atoms with Gasteiger partial charge in [0, 0.05) is 6.54 Å². The summed E-state index contributed by atoms with van der Waals surface area (Å²) >= 11 is 0. The number of phenolic OH excluding ortho intramolecular Hbond substituents is 1. The molecule has 0 bridgehead atoms. The molecule has 0 saturated heterocycles. The lowest BCUT2D eigenvalue weighted by Crippen LogP contribution is -2.33. The van der Waals surface area contributed by atoms with Crippen LogP contribution in [-0.2, 0) is 5.41 Å². The van der Waals surface area contributed by atoms with Crippen molar-refractivity contribution in [2.75, 3.05) is 20.6 Å². The number of nitrogens with zero attached hydrogens (tertiary/aromatic N) is 1. The maximum atomic E-state index is 10.9. The van der Waals surface area contributed by atoms with Crippen molar-refractivity contribution in [1.82, 2.24) is 4.90 Å². The molecule has 2 N–H and O–H groups in total. The Hall–Kier alpha value is -1.06. The molecule has 1 aromatic carbocycles. The normalized spacial score (nSPS) is 23.7. The number of aliphatic hydroxyl groups excluding tert-OH is 1. The largest absolute Gasteiger partial charge is 0.508 e. The van der Waals surface area contributed by atoms with Crippen LogP contribution in [0.25, 0.3) is 0 Å². The molecule has 27 heavy (non-hydrogen) atoms. The maximum absolute atomic E-state index is 10.9. The minimum atomic E-state index is -0.248. The van der Waals surface area contributed by atoms with E-state index >= 15 is 0 Å². The summed E-state index contributed by atoms with van der Waals surface area (Å²) in [4.78, 5) is 2.22. The van der Waals surface area contributed by atoms with Crippen molar-refractivity contribution in [3.63, 3.8) is 0 Å². The smallest absolute Gasteiger partial charge is 0.119 e. The van der Waals surface area contributed by atoms with Crippen LogP contribution in [0.1, 0.15) is 89.2 Å². The van der Waals surface area contributed by atoms with E-state index < -0.39 is 0 Å². The Labute approximate surface area is 166 Å². The second-order valence-corrected chi connectivity index (χ2v) is 9.56. The van der Waals surface area contributed by atoms with Crippen LogP contribution < -0.4 is 0 Å². The first kappa shape index (κ1) is 22.2. The van der Waals surface area contributed by atoms with Gasteiger partial charge in [-0.2, -0.15) is 0 Å². The summed E-state index contributed by atoms with van der Waals surface area (Å²) in [7, 11) is 4.21. The minimum absolute atomic E-state index is 0.0822. The first-order valence-corrected chi connectivity index (χ1v) is 10.9. The molecule has 1 fully saturated rings. The van der Waals surface area contributed by atoms with E-state index in [2.05, 4.69) is 51.9 Å². The van der Waals surface area contributed by atoms with Gasteiger partial charge in [0.2, 0.25) is 0 Å². The third-order valence-corrected chi connectivity index (χ3v) is 6.43. The predicted molar refractivity (Wildman–Crippen MR) is 115 cm³/mol. The molecular weight excluding hydrogens is 334 g/mol. The molecule has 0 radical (unpaired) electrons. The first-order valence-electron chi connectivity index (χ1n) is 10.9. The van der Waals surface area contributed by atoms with Gasteiger partial charge in [0.15, 0.2) is 0 Å². The van der Waals surface area contributed by atoms with Crippen molar-refractivity contribution in [1.29, 1.82) is 0 Å². The van der Waals surface area contributed by atoms with Gasteiger partial charge in [0.25, 0.3) is 0 Å². The van der Waals surface area contributed by atoms with Crippen LogP contribution in [0.4, 0.5) is 0 Å². The van der Waals surface area contributed by atoms with E-state index in [4.69, 9.17) is 0 Å². The molecule has 0 aromatic heterocycles. The van der Waals surface area contributed by atoms with Crippen LogP contribution in [0.5, 0.6) is 5.75 Å². The molecule has 2 rings (SSSR count). The van der Waals surface area contributed by atoms with Crippen molar-refractivity contribution in [2.24, 2.45) is 5.92 Å². The monoisotopic (exact) mass is 375 g/mol. The van der Waals surface area contributed by atoms with Crippen molar-refractivity contribution in [3.05, 3.63) is 29.3 Å². The van der Waals surface area contributed by atoms with Gasteiger partial charge in [-0.15, -0.1) is 0 Å². The van der Waals surface area contributed by atoms with E-state index in [0.29, 0.717) is 11.7 Å². The van der Waals surface area contributed by atoms with Crippen LogP contribution in [0.3, 0.4) is 0 Å². The fourth-order valence-electron chi connectivity index (χ4n) is 4.70. The third kappa shape index (κ3) is 6.22. The van der Waals surface area contributed by atoms with Crippen LogP contribution in [-0.4, -0.2) is 41.9 Å². The molecule has 1 saturated carbocycles. The van der Waals surface area contributed by atoms with E-state index in [1.54, 1.807) is 0 Å². The Bertz CT molecular complexity index is 582. The number of aromatic hydroxyl groups is 1. The Balaban J connectivity index is 2.16. The lowest BCUT2D eigenvalue weighted by molar-refractivity contribution is 0.0841. The number of hydrogen-bond acceptors (Lipinski definition) is 3. The van der Waals surface area contributed by atoms with Crippen LogP contribution in [0, 0.1) is 5.92 Å². The Morgan fingerprint density at radius 3 is 2.48 bits per heavy atom. The lowest BCUT2D eigenvalue weighted by Gasteiger charge is -2.36. The second kappa shape index (κ2) is 9.93. The molecule has 1 aliphatic rings. The number of benzene rings is 1.